The largest absolute Gasteiger partial charge is 0.448 e. The maximum Gasteiger partial charge on any atom is 0.404 e. The third kappa shape index (κ3) is 10.7. The van der Waals surface area contributed by atoms with Crippen LogP contribution in [0.25, 0.3) is 11.3 Å². The maximum absolute atomic E-state index is 11.3. The van der Waals surface area contributed by atoms with Crippen LogP contribution < -0.4 is 20.7 Å². The van der Waals surface area contributed by atoms with Crippen molar-refractivity contribution in [2.45, 2.75) is 53.1 Å². The number of nitrogens with two attached hydrogens (primary N) is 1. The Morgan fingerprint density at radius 3 is 2.29 bits per heavy atom. The van der Waals surface area contributed by atoms with Gasteiger partial charge in [0.05, 0.1) is 11.9 Å². The number of aromatic nitrogens is 2. The first-order valence-electron chi connectivity index (χ1n) is 16.8. The summed E-state index contributed by atoms with van der Waals surface area (Å²) in [5, 5.41) is 4.02. The molecule has 0 saturated carbocycles. The summed E-state index contributed by atoms with van der Waals surface area (Å²) in [6, 6.07) is 13.4. The number of amides is 2. The fraction of sp³-hybridized carbons (Fsp3) is 0.500. The molecule has 2 aliphatic heterocycles. The maximum atomic E-state index is 11.3. The molecular weight excluding hydrogens is 665 g/mol. The van der Waals surface area contributed by atoms with Gasteiger partial charge in [-0.15, -0.1) is 0 Å². The van der Waals surface area contributed by atoms with Crippen molar-refractivity contribution < 1.29 is 19.1 Å². The lowest BCUT2D eigenvalue weighted by molar-refractivity contribution is -0.119. The number of carbonyl (C=O) groups is 2. The number of ether oxygens (including phenoxy) is 2. The molecular formula is C36H47Cl2N7O4. The molecule has 2 fully saturated rings. The summed E-state index contributed by atoms with van der Waals surface area (Å²) in [5.41, 5.74) is 7.76. The number of piperazine rings is 1. The molecule has 2 saturated heterocycles. The minimum absolute atomic E-state index is 0.0171. The Bertz CT molecular complexity index is 1560. The number of nitrogens with zero attached hydrogens (tertiary/aromatic N) is 5. The van der Waals surface area contributed by atoms with Crippen molar-refractivity contribution in [1.82, 2.24) is 25.1 Å². The molecule has 5 rings (SSSR count). The Hall–Kier alpha value is -3.64. The molecule has 1 aromatic carbocycles. The average Bonchev–Trinajstić information content (AvgIpc) is 3.04. The molecule has 4 heterocycles. The number of carbonyl (C=O) groups excluding carboxylic acids is 2. The summed E-state index contributed by atoms with van der Waals surface area (Å²) in [5.74, 6) is 2.41. The van der Waals surface area contributed by atoms with Gasteiger partial charge in [-0.3, -0.25) is 14.6 Å². The first-order valence-corrected chi connectivity index (χ1v) is 17.6. The smallest absolute Gasteiger partial charge is 0.404 e. The summed E-state index contributed by atoms with van der Waals surface area (Å²) < 4.78 is 11.5. The number of piperidine rings is 1. The lowest BCUT2D eigenvalue weighted by Crippen LogP contribution is -2.56. The van der Waals surface area contributed by atoms with Crippen molar-refractivity contribution >= 4 is 41.0 Å². The predicted octanol–water partition coefficient (Wildman–Crippen LogP) is 6.22. The first kappa shape index (κ1) is 36.6. The van der Waals surface area contributed by atoms with Crippen molar-refractivity contribution in [2.75, 3.05) is 57.3 Å². The number of primary amides is 1. The third-order valence-corrected chi connectivity index (χ3v) is 9.61. The molecule has 0 bridgehead atoms. The van der Waals surface area contributed by atoms with Crippen molar-refractivity contribution in [2.24, 2.45) is 17.1 Å². The Kier molecular flexibility index (Phi) is 12.2. The van der Waals surface area contributed by atoms with E-state index in [1.807, 2.05) is 30.3 Å². The zero-order valence-electron chi connectivity index (χ0n) is 28.8. The fourth-order valence-corrected chi connectivity index (χ4v) is 7.04. The summed E-state index contributed by atoms with van der Waals surface area (Å²) in [4.78, 5) is 39.2. The number of anilines is 1. The highest BCUT2D eigenvalue weighted by Gasteiger charge is 2.33. The second kappa shape index (κ2) is 16.4. The topological polar surface area (TPSA) is 126 Å². The average molecular weight is 713 g/mol. The molecule has 2 amide bonds. The van der Waals surface area contributed by atoms with Crippen LogP contribution in [0.3, 0.4) is 0 Å². The van der Waals surface area contributed by atoms with Gasteiger partial charge in [0, 0.05) is 73.9 Å². The Labute approximate surface area is 299 Å². The normalized spacial score (nSPS) is 17.1. The molecule has 1 atom stereocenters. The number of hydrogen-bond acceptors (Lipinski definition) is 9. The molecule has 49 heavy (non-hydrogen) atoms. The Morgan fingerprint density at radius 2 is 1.69 bits per heavy atom. The van der Waals surface area contributed by atoms with Crippen LogP contribution in [0.1, 0.15) is 46.1 Å². The molecule has 3 N–H and O–H groups in total. The quantitative estimate of drug-likeness (QED) is 0.238. The minimum atomic E-state index is -0.748. The molecule has 264 valence electrons. The fourth-order valence-electron chi connectivity index (χ4n) is 6.51. The van der Waals surface area contributed by atoms with E-state index in [0.29, 0.717) is 27.6 Å². The highest BCUT2D eigenvalue weighted by atomic mass is 35.5. The highest BCUT2D eigenvalue weighted by molar-refractivity contribution is 6.35. The molecule has 0 spiro atoms. The first-order chi connectivity index (χ1) is 23.3. The number of nitrogens with one attached hydrogen (secondary N) is 1. The van der Waals surface area contributed by atoms with Crippen LogP contribution in [-0.4, -0.2) is 90.2 Å². The Morgan fingerprint density at radius 1 is 1.00 bits per heavy atom. The van der Waals surface area contributed by atoms with Gasteiger partial charge in [0.1, 0.15) is 18.2 Å². The van der Waals surface area contributed by atoms with E-state index in [2.05, 4.69) is 46.9 Å². The van der Waals surface area contributed by atoms with Gasteiger partial charge in [-0.2, -0.15) is 0 Å². The molecule has 0 radical (unpaired) electrons. The molecule has 2 aliphatic rings. The van der Waals surface area contributed by atoms with Gasteiger partial charge in [-0.25, -0.2) is 14.8 Å². The molecule has 13 heteroatoms. The highest BCUT2D eigenvalue weighted by Crippen LogP contribution is 2.32. The number of hydrogen-bond donors (Lipinski definition) is 2. The van der Waals surface area contributed by atoms with E-state index in [0.717, 1.165) is 87.8 Å². The van der Waals surface area contributed by atoms with Crippen molar-refractivity contribution in [1.29, 1.82) is 0 Å². The molecule has 3 aromatic rings. The van der Waals surface area contributed by atoms with E-state index in [4.69, 9.17) is 48.4 Å². The van der Waals surface area contributed by atoms with Gasteiger partial charge >= 0.3 is 6.09 Å². The number of pyridine rings is 2. The van der Waals surface area contributed by atoms with Crippen LogP contribution in [0.4, 0.5) is 10.6 Å². The van der Waals surface area contributed by atoms with E-state index in [9.17, 15) is 9.59 Å². The van der Waals surface area contributed by atoms with E-state index in [1.54, 1.807) is 19.2 Å². The Balaban J connectivity index is 1.26. The summed E-state index contributed by atoms with van der Waals surface area (Å²) in [7, 11) is 0. The van der Waals surface area contributed by atoms with Crippen LogP contribution in [0.2, 0.25) is 10.0 Å². The van der Waals surface area contributed by atoms with Gasteiger partial charge in [0.15, 0.2) is 0 Å². The van der Waals surface area contributed by atoms with Crippen LogP contribution in [0.5, 0.6) is 11.6 Å². The van der Waals surface area contributed by atoms with Gasteiger partial charge in [0.2, 0.25) is 11.8 Å². The predicted molar refractivity (Wildman–Crippen MR) is 193 cm³/mol. The number of benzene rings is 1. The van der Waals surface area contributed by atoms with Crippen molar-refractivity contribution in [3.05, 3.63) is 64.3 Å². The SMILES string of the molecule is CC(=O)NCC1CCN(Cc2cc(Oc3ccc(N4CCN(C(COC(N)=O)C(C)(C)C)CC4)nc3)nc(-c3cc(Cl)cc(Cl)c3)c2)CC1. The van der Waals surface area contributed by atoms with Crippen LogP contribution in [0, 0.1) is 11.3 Å². The van der Waals surface area contributed by atoms with Crippen LogP contribution in [-0.2, 0) is 16.1 Å². The second-order valence-electron chi connectivity index (χ2n) is 14.0. The molecule has 2 aromatic heterocycles. The standard InChI is InChI=1S/C36H47Cl2N7O4/c1-24(46)40-20-25-7-9-43(10-8-25)22-26-15-31(27-17-28(37)19-29(38)18-27)42-34(16-26)49-30-5-6-33(41-21-30)45-13-11-44(12-14-45)32(36(2,3)4)23-48-35(39)47/h5-6,15-19,21,25,32H,7-14,20,22-23H2,1-4H3,(H2,39,47)(H,40,46). The zero-order chi connectivity index (χ0) is 35.1. The van der Waals surface area contributed by atoms with Crippen LogP contribution in [0.15, 0.2) is 48.7 Å². The number of likely N-dealkylation sites (tertiary alicyclic amines) is 1. The summed E-state index contributed by atoms with van der Waals surface area (Å²) >= 11 is 12.7. The minimum Gasteiger partial charge on any atom is -0.448 e. The molecule has 1 unspecified atom stereocenters. The number of rotatable bonds is 11. The van der Waals surface area contributed by atoms with E-state index >= 15 is 0 Å². The summed E-state index contributed by atoms with van der Waals surface area (Å²) in [6.07, 6.45) is 3.03. The lowest BCUT2D eigenvalue weighted by Gasteiger charge is -2.44. The van der Waals surface area contributed by atoms with Crippen LogP contribution >= 0.6 is 23.2 Å². The molecule has 11 nitrogen and oxygen atoms in total. The van der Waals surface area contributed by atoms with Gasteiger partial charge in [0.25, 0.3) is 0 Å². The third-order valence-electron chi connectivity index (χ3n) is 9.18. The molecule has 0 aliphatic carbocycles. The van der Waals surface area contributed by atoms with Crippen molar-refractivity contribution in [3.8, 4) is 22.9 Å². The summed E-state index contributed by atoms with van der Waals surface area (Å²) in [6.45, 7) is 14.8. The van der Waals surface area contributed by atoms with Gasteiger partial charge in [-0.05, 0) is 79.2 Å². The van der Waals surface area contributed by atoms with E-state index < -0.39 is 6.09 Å². The van der Waals surface area contributed by atoms with E-state index in [-0.39, 0.29) is 24.0 Å². The van der Waals surface area contributed by atoms with Crippen molar-refractivity contribution in [3.63, 3.8) is 0 Å². The van der Waals surface area contributed by atoms with Gasteiger partial charge < -0.3 is 25.4 Å². The monoisotopic (exact) mass is 711 g/mol. The lowest BCUT2D eigenvalue weighted by atomic mass is 9.85. The second-order valence-corrected chi connectivity index (χ2v) is 14.9. The zero-order valence-corrected chi connectivity index (χ0v) is 30.3. The van der Waals surface area contributed by atoms with E-state index in [1.165, 1.54) is 0 Å². The van der Waals surface area contributed by atoms with Gasteiger partial charge in [-0.1, -0.05) is 44.0 Å². The number of halogens is 2.